The lowest BCUT2D eigenvalue weighted by atomic mass is 10.2. The lowest BCUT2D eigenvalue weighted by Gasteiger charge is -2.07. The summed E-state index contributed by atoms with van der Waals surface area (Å²) in [6.07, 6.45) is 1.55. The average molecular weight is 283 g/mol. The summed E-state index contributed by atoms with van der Waals surface area (Å²) < 4.78 is 7.41. The van der Waals surface area contributed by atoms with Crippen LogP contribution >= 0.6 is 0 Å². The van der Waals surface area contributed by atoms with E-state index in [1.54, 1.807) is 16.5 Å². The van der Waals surface area contributed by atoms with E-state index in [-0.39, 0.29) is 12.1 Å². The summed E-state index contributed by atoms with van der Waals surface area (Å²) in [5, 5.41) is 5.10. The van der Waals surface area contributed by atoms with Gasteiger partial charge >= 0.3 is 5.97 Å². The second-order valence-corrected chi connectivity index (χ2v) is 4.53. The number of hydrogen-bond acceptors (Lipinski definition) is 4. The van der Waals surface area contributed by atoms with Gasteiger partial charge in [0.05, 0.1) is 12.6 Å². The molecule has 21 heavy (non-hydrogen) atoms. The van der Waals surface area contributed by atoms with Gasteiger partial charge in [-0.15, -0.1) is 0 Å². The van der Waals surface area contributed by atoms with Crippen LogP contribution in [0, 0.1) is 0 Å². The fourth-order valence-corrected chi connectivity index (χ4v) is 2.33. The van der Waals surface area contributed by atoms with Crippen molar-refractivity contribution in [3.63, 3.8) is 0 Å². The topological polar surface area (TPSA) is 65.6 Å². The number of nitrogens with zero attached hydrogens (tertiary/aromatic N) is 3. The molecule has 0 N–H and O–H groups in total. The van der Waals surface area contributed by atoms with Crippen LogP contribution < -0.4 is 5.56 Å². The highest BCUT2D eigenvalue weighted by Gasteiger charge is 2.14. The van der Waals surface area contributed by atoms with E-state index in [0.29, 0.717) is 11.3 Å². The zero-order valence-corrected chi connectivity index (χ0v) is 11.4. The third-order valence-electron chi connectivity index (χ3n) is 3.31. The van der Waals surface area contributed by atoms with Gasteiger partial charge in [0.1, 0.15) is 12.1 Å². The lowest BCUT2D eigenvalue weighted by molar-refractivity contribution is -0.141. The summed E-state index contributed by atoms with van der Waals surface area (Å²) in [6.45, 7) is 3.49. The molecule has 0 radical (unpaired) electrons. The minimum Gasteiger partial charge on any atom is -0.468 e. The molecule has 0 aliphatic rings. The van der Waals surface area contributed by atoms with Crippen molar-refractivity contribution < 1.29 is 9.53 Å². The Bertz CT molecular complexity index is 921. The molecule has 6 nitrogen and oxygen atoms in total. The summed E-state index contributed by atoms with van der Waals surface area (Å²) in [7, 11) is 1.27. The van der Waals surface area contributed by atoms with Crippen LogP contribution in [-0.2, 0) is 16.1 Å². The summed E-state index contributed by atoms with van der Waals surface area (Å²) >= 11 is 0. The summed E-state index contributed by atoms with van der Waals surface area (Å²) in [5.74, 6) is -0.0326. The highest BCUT2D eigenvalue weighted by molar-refractivity contribution is 5.87. The fraction of sp³-hybridized carbons (Fsp3) is 0.133. The van der Waals surface area contributed by atoms with Gasteiger partial charge in [-0.3, -0.25) is 14.0 Å². The number of para-hydroxylation sites is 1. The molecule has 0 aliphatic heterocycles. The molecule has 2 aromatic heterocycles. The molecule has 1 aromatic carbocycles. The quantitative estimate of drug-likeness (QED) is 0.683. The molecule has 0 unspecified atom stereocenters. The predicted molar refractivity (Wildman–Crippen MR) is 79.1 cm³/mol. The van der Waals surface area contributed by atoms with Gasteiger partial charge < -0.3 is 4.74 Å². The first-order valence-corrected chi connectivity index (χ1v) is 6.36. The van der Waals surface area contributed by atoms with Gasteiger partial charge in [0.2, 0.25) is 0 Å². The third-order valence-corrected chi connectivity index (χ3v) is 3.31. The third kappa shape index (κ3) is 2.01. The predicted octanol–water partition coefficient (Wildman–Crippen LogP) is 1.47. The van der Waals surface area contributed by atoms with Crippen LogP contribution in [0.5, 0.6) is 0 Å². The SMILES string of the molecule is C=Cc1nn(CC(=O)OC)c(=O)c2cc3ccccc3n12. The zero-order chi connectivity index (χ0) is 15.0. The number of methoxy groups -OCH3 is 1. The Kier molecular flexibility index (Phi) is 3.06. The van der Waals surface area contributed by atoms with Crippen molar-refractivity contribution in [1.29, 1.82) is 0 Å². The normalized spacial score (nSPS) is 10.9. The van der Waals surface area contributed by atoms with Crippen molar-refractivity contribution >= 4 is 28.5 Å². The maximum Gasteiger partial charge on any atom is 0.327 e. The Hall–Kier alpha value is -2.89. The molecule has 3 aromatic rings. The number of hydrogen-bond donors (Lipinski definition) is 0. The van der Waals surface area contributed by atoms with Crippen LogP contribution in [-0.4, -0.2) is 27.3 Å². The molecule has 3 rings (SSSR count). The Morgan fingerprint density at radius 1 is 1.38 bits per heavy atom. The minimum atomic E-state index is -0.528. The molecule has 0 fully saturated rings. The van der Waals surface area contributed by atoms with Crippen molar-refractivity contribution in [3.05, 3.63) is 53.1 Å². The highest BCUT2D eigenvalue weighted by Crippen LogP contribution is 2.19. The molecule has 0 saturated heterocycles. The van der Waals surface area contributed by atoms with E-state index in [9.17, 15) is 9.59 Å². The van der Waals surface area contributed by atoms with Crippen molar-refractivity contribution in [2.45, 2.75) is 6.54 Å². The first-order valence-electron chi connectivity index (χ1n) is 6.36. The Morgan fingerprint density at radius 2 is 2.14 bits per heavy atom. The molecule has 0 amide bonds. The zero-order valence-electron chi connectivity index (χ0n) is 11.4. The monoisotopic (exact) mass is 283 g/mol. The Morgan fingerprint density at radius 3 is 2.86 bits per heavy atom. The summed E-state index contributed by atoms with van der Waals surface area (Å²) in [5.41, 5.74) is 0.976. The van der Waals surface area contributed by atoms with E-state index >= 15 is 0 Å². The van der Waals surface area contributed by atoms with Gasteiger partial charge in [0.25, 0.3) is 5.56 Å². The standard InChI is InChI=1S/C15H13N3O3/c1-3-13-16-17(9-14(19)21-2)15(20)12-8-10-6-4-5-7-11(10)18(12)13/h3-8H,1,9H2,2H3. The van der Waals surface area contributed by atoms with E-state index in [1.165, 1.54) is 7.11 Å². The van der Waals surface area contributed by atoms with Crippen LogP contribution in [0.25, 0.3) is 22.5 Å². The molecule has 0 aliphatic carbocycles. The largest absolute Gasteiger partial charge is 0.468 e. The van der Waals surface area contributed by atoms with Crippen molar-refractivity contribution in [1.82, 2.24) is 14.2 Å². The van der Waals surface area contributed by atoms with E-state index in [1.807, 2.05) is 24.3 Å². The maximum absolute atomic E-state index is 12.5. The van der Waals surface area contributed by atoms with Gasteiger partial charge in [0.15, 0.2) is 5.82 Å². The Balaban J connectivity index is 2.38. The van der Waals surface area contributed by atoms with Crippen LogP contribution in [0.3, 0.4) is 0 Å². The van der Waals surface area contributed by atoms with Crippen LogP contribution in [0.1, 0.15) is 5.82 Å². The van der Waals surface area contributed by atoms with Gasteiger partial charge in [0, 0.05) is 5.39 Å². The second kappa shape index (κ2) is 4.90. The first-order chi connectivity index (χ1) is 10.2. The molecule has 0 bridgehead atoms. The van der Waals surface area contributed by atoms with Gasteiger partial charge in [-0.2, -0.15) is 5.10 Å². The van der Waals surface area contributed by atoms with Gasteiger partial charge in [-0.1, -0.05) is 24.8 Å². The molecule has 0 saturated carbocycles. The van der Waals surface area contributed by atoms with Gasteiger partial charge in [-0.25, -0.2) is 4.68 Å². The smallest absolute Gasteiger partial charge is 0.327 e. The molecular formula is C15H13N3O3. The number of aromatic nitrogens is 3. The number of benzene rings is 1. The van der Waals surface area contributed by atoms with Crippen LogP contribution in [0.4, 0.5) is 0 Å². The van der Waals surface area contributed by atoms with Crippen molar-refractivity contribution in [3.8, 4) is 0 Å². The van der Waals surface area contributed by atoms with E-state index in [0.717, 1.165) is 15.6 Å². The average Bonchev–Trinajstić information content (AvgIpc) is 2.90. The minimum absolute atomic E-state index is 0.228. The number of esters is 1. The molecule has 106 valence electrons. The molecular weight excluding hydrogens is 270 g/mol. The Labute approximate surface area is 119 Å². The van der Waals surface area contributed by atoms with Gasteiger partial charge in [-0.05, 0) is 18.2 Å². The summed E-state index contributed by atoms with van der Waals surface area (Å²) in [4.78, 5) is 23.8. The molecule has 0 atom stereocenters. The molecule has 0 spiro atoms. The molecule has 6 heteroatoms. The second-order valence-electron chi connectivity index (χ2n) is 4.53. The van der Waals surface area contributed by atoms with Crippen molar-refractivity contribution in [2.75, 3.05) is 7.11 Å². The van der Waals surface area contributed by atoms with E-state index in [4.69, 9.17) is 0 Å². The molecule has 2 heterocycles. The summed E-state index contributed by atoms with van der Waals surface area (Å²) in [6, 6.07) is 9.39. The highest BCUT2D eigenvalue weighted by atomic mass is 16.5. The number of carbonyl (C=O) groups is 1. The van der Waals surface area contributed by atoms with Crippen molar-refractivity contribution in [2.24, 2.45) is 0 Å². The fourth-order valence-electron chi connectivity index (χ4n) is 2.33. The lowest BCUT2D eigenvalue weighted by Crippen LogP contribution is -2.29. The number of ether oxygens (including phenoxy) is 1. The number of carbonyl (C=O) groups excluding carboxylic acids is 1. The maximum atomic E-state index is 12.5. The van der Waals surface area contributed by atoms with Crippen LogP contribution in [0.2, 0.25) is 0 Å². The van der Waals surface area contributed by atoms with E-state index in [2.05, 4.69) is 16.4 Å². The van der Waals surface area contributed by atoms with E-state index < -0.39 is 5.97 Å². The first kappa shape index (κ1) is 13.1. The number of rotatable bonds is 3. The van der Waals surface area contributed by atoms with Crippen LogP contribution in [0.15, 0.2) is 41.7 Å². The number of fused-ring (bicyclic) bond motifs is 3.